The molecule has 0 aliphatic rings. The van der Waals surface area contributed by atoms with Gasteiger partial charge in [0.25, 0.3) is 5.91 Å². The second-order valence-corrected chi connectivity index (χ2v) is 11.6. The zero-order valence-electron chi connectivity index (χ0n) is 20.3. The van der Waals surface area contributed by atoms with Crippen LogP contribution in [0.25, 0.3) is 0 Å². The Labute approximate surface area is 207 Å². The van der Waals surface area contributed by atoms with Crippen LogP contribution in [-0.2, 0) is 28.7 Å². The second-order valence-electron chi connectivity index (χ2n) is 9.26. The fourth-order valence-corrected chi connectivity index (χ4v) is 5.61. The minimum Gasteiger partial charge on any atom is -0.330 e. The summed E-state index contributed by atoms with van der Waals surface area (Å²) in [6.45, 7) is 10.5. The van der Waals surface area contributed by atoms with Crippen LogP contribution in [0.5, 0.6) is 0 Å². The number of benzene rings is 2. The van der Waals surface area contributed by atoms with Gasteiger partial charge in [-0.1, -0.05) is 55.8 Å². The highest BCUT2D eigenvalue weighted by atomic mass is 35.5. The highest BCUT2D eigenvalue weighted by Crippen LogP contribution is 2.23. The molecular weight excluding hydrogens is 470 g/mol. The van der Waals surface area contributed by atoms with Gasteiger partial charge in [0, 0.05) is 23.2 Å². The van der Waals surface area contributed by atoms with Crippen LogP contribution in [0.4, 0.5) is 0 Å². The van der Waals surface area contributed by atoms with Crippen LogP contribution < -0.4 is 0 Å². The van der Waals surface area contributed by atoms with Gasteiger partial charge in [0.2, 0.25) is 15.0 Å². The smallest absolute Gasteiger partial charge is 0.254 e. The maximum absolute atomic E-state index is 13.4. The average molecular weight is 502 g/mol. The third kappa shape index (κ3) is 6.07. The van der Waals surface area contributed by atoms with Crippen LogP contribution in [0.1, 0.15) is 54.9 Å². The fraction of sp³-hybridized carbons (Fsp3) is 0.385. The van der Waals surface area contributed by atoms with Crippen LogP contribution in [0, 0.1) is 12.8 Å². The summed E-state index contributed by atoms with van der Waals surface area (Å²) in [4.78, 5) is 19.3. The Morgan fingerprint density at radius 3 is 2.41 bits per heavy atom. The quantitative estimate of drug-likeness (QED) is 0.386. The summed E-state index contributed by atoms with van der Waals surface area (Å²) >= 11 is 6.10. The number of rotatable bonds is 9. The van der Waals surface area contributed by atoms with E-state index in [0.29, 0.717) is 22.8 Å². The normalized spacial score (nSPS) is 11.9. The minimum absolute atomic E-state index is 0.0402. The van der Waals surface area contributed by atoms with E-state index >= 15 is 0 Å². The van der Waals surface area contributed by atoms with E-state index < -0.39 is 9.84 Å². The van der Waals surface area contributed by atoms with Crippen molar-refractivity contribution in [1.82, 2.24) is 14.5 Å². The molecule has 34 heavy (non-hydrogen) atoms. The van der Waals surface area contributed by atoms with Crippen molar-refractivity contribution in [3.8, 4) is 0 Å². The van der Waals surface area contributed by atoms with E-state index in [-0.39, 0.29) is 35.3 Å². The zero-order chi connectivity index (χ0) is 25.0. The van der Waals surface area contributed by atoms with Gasteiger partial charge in [-0.3, -0.25) is 4.79 Å². The Morgan fingerprint density at radius 2 is 1.79 bits per heavy atom. The first-order valence-electron chi connectivity index (χ1n) is 11.4. The molecule has 0 saturated carbocycles. The number of sulfone groups is 1. The summed E-state index contributed by atoms with van der Waals surface area (Å²) in [6.07, 6.45) is 1.58. The average Bonchev–Trinajstić information content (AvgIpc) is 3.15. The van der Waals surface area contributed by atoms with E-state index in [4.69, 9.17) is 11.6 Å². The number of halogens is 1. The lowest BCUT2D eigenvalue weighted by molar-refractivity contribution is 0.0685. The van der Waals surface area contributed by atoms with E-state index in [1.54, 1.807) is 39.9 Å². The number of hydrogen-bond donors (Lipinski definition) is 0. The van der Waals surface area contributed by atoms with E-state index in [9.17, 15) is 13.2 Å². The van der Waals surface area contributed by atoms with Crippen molar-refractivity contribution in [2.45, 2.75) is 64.7 Å². The Bertz CT molecular complexity index is 1270. The molecule has 0 N–H and O–H groups in total. The number of nitrogens with zero attached hydrogens (tertiary/aromatic N) is 3. The Kier molecular flexibility index (Phi) is 8.21. The summed E-state index contributed by atoms with van der Waals surface area (Å²) in [7, 11) is -3.69. The molecular formula is C26H32ClN3O3S. The molecule has 0 aliphatic heterocycles. The van der Waals surface area contributed by atoms with Crippen molar-refractivity contribution >= 4 is 27.3 Å². The lowest BCUT2D eigenvalue weighted by Gasteiger charge is -2.28. The SMILES string of the molecule is Cc1ccccc1CS(=O)(=O)c1ncc(CN(C(=O)c2cccc(Cl)c2)C(C)C)n1CC(C)C. The molecule has 1 heterocycles. The first kappa shape index (κ1) is 26.0. The topological polar surface area (TPSA) is 72.3 Å². The lowest BCUT2D eigenvalue weighted by Crippen LogP contribution is -2.37. The van der Waals surface area contributed by atoms with Crippen molar-refractivity contribution in [3.05, 3.63) is 82.1 Å². The van der Waals surface area contributed by atoms with Gasteiger partial charge < -0.3 is 9.47 Å². The Hall–Kier alpha value is -2.64. The van der Waals surface area contributed by atoms with E-state index in [1.807, 2.05) is 58.9 Å². The molecule has 6 nitrogen and oxygen atoms in total. The zero-order valence-corrected chi connectivity index (χ0v) is 21.9. The summed E-state index contributed by atoms with van der Waals surface area (Å²) in [6, 6.07) is 14.2. The summed E-state index contributed by atoms with van der Waals surface area (Å²) in [5, 5.41) is 0.530. The Balaban J connectivity index is 1.98. The molecule has 0 aliphatic carbocycles. The number of amides is 1. The molecule has 0 saturated heterocycles. The fourth-order valence-electron chi connectivity index (χ4n) is 3.82. The molecule has 0 bridgehead atoms. The third-order valence-corrected chi connectivity index (χ3v) is 7.43. The van der Waals surface area contributed by atoms with Crippen LogP contribution in [0.3, 0.4) is 0 Å². The number of carbonyl (C=O) groups is 1. The van der Waals surface area contributed by atoms with E-state index in [0.717, 1.165) is 11.1 Å². The van der Waals surface area contributed by atoms with Crippen LogP contribution in [-0.4, -0.2) is 34.8 Å². The van der Waals surface area contributed by atoms with Gasteiger partial charge >= 0.3 is 0 Å². The summed E-state index contributed by atoms with van der Waals surface area (Å²) in [5.74, 6) is -0.0978. The predicted octanol–water partition coefficient (Wildman–Crippen LogP) is 5.53. The third-order valence-electron chi connectivity index (χ3n) is 5.62. The number of hydrogen-bond acceptors (Lipinski definition) is 4. The summed E-state index contributed by atoms with van der Waals surface area (Å²) in [5.41, 5.74) is 2.85. The molecule has 1 aromatic heterocycles. The van der Waals surface area contributed by atoms with Gasteiger partial charge in [-0.2, -0.15) is 0 Å². The number of imidazole rings is 1. The minimum atomic E-state index is -3.69. The van der Waals surface area contributed by atoms with Crippen LogP contribution >= 0.6 is 11.6 Å². The molecule has 0 atom stereocenters. The van der Waals surface area contributed by atoms with Crippen molar-refractivity contribution in [2.24, 2.45) is 5.92 Å². The lowest BCUT2D eigenvalue weighted by atomic mass is 10.1. The standard InChI is InChI=1S/C26H32ClN3O3S/c1-18(2)15-30-24(16-29(19(3)4)25(31)21-11-8-12-23(27)13-21)14-28-26(30)34(32,33)17-22-10-7-6-9-20(22)5/h6-14,18-19H,15-17H2,1-5H3. The molecule has 0 fully saturated rings. The monoisotopic (exact) mass is 501 g/mol. The van der Waals surface area contributed by atoms with E-state index in [1.165, 1.54) is 0 Å². The van der Waals surface area contributed by atoms with Gasteiger partial charge in [-0.25, -0.2) is 13.4 Å². The first-order valence-corrected chi connectivity index (χ1v) is 13.4. The molecule has 2 aromatic carbocycles. The molecule has 0 radical (unpaired) electrons. The first-order chi connectivity index (χ1) is 16.0. The van der Waals surface area contributed by atoms with Crippen molar-refractivity contribution in [2.75, 3.05) is 0 Å². The number of aryl methyl sites for hydroxylation is 1. The molecule has 0 unspecified atom stereocenters. The molecule has 182 valence electrons. The van der Waals surface area contributed by atoms with Gasteiger partial charge in [0.05, 0.1) is 24.2 Å². The van der Waals surface area contributed by atoms with Crippen LogP contribution in [0.15, 0.2) is 59.9 Å². The van der Waals surface area contributed by atoms with Gasteiger partial charge in [0.15, 0.2) is 0 Å². The predicted molar refractivity (Wildman–Crippen MR) is 136 cm³/mol. The van der Waals surface area contributed by atoms with Crippen LogP contribution in [0.2, 0.25) is 5.02 Å². The van der Waals surface area contributed by atoms with Crippen molar-refractivity contribution < 1.29 is 13.2 Å². The Morgan fingerprint density at radius 1 is 1.09 bits per heavy atom. The van der Waals surface area contributed by atoms with Gasteiger partial charge in [-0.15, -0.1) is 0 Å². The molecule has 3 rings (SSSR count). The molecule has 1 amide bonds. The molecule has 0 spiro atoms. The molecule has 3 aromatic rings. The largest absolute Gasteiger partial charge is 0.330 e. The second kappa shape index (κ2) is 10.7. The number of carbonyl (C=O) groups excluding carboxylic acids is 1. The van der Waals surface area contributed by atoms with Crippen molar-refractivity contribution in [3.63, 3.8) is 0 Å². The van der Waals surface area contributed by atoms with Gasteiger partial charge in [0.1, 0.15) is 0 Å². The highest BCUT2D eigenvalue weighted by molar-refractivity contribution is 7.90. The maximum atomic E-state index is 13.4. The van der Waals surface area contributed by atoms with Gasteiger partial charge in [-0.05, 0) is 56.0 Å². The maximum Gasteiger partial charge on any atom is 0.254 e. The highest BCUT2D eigenvalue weighted by Gasteiger charge is 2.27. The van der Waals surface area contributed by atoms with E-state index in [2.05, 4.69) is 4.98 Å². The molecule has 8 heteroatoms. The number of aromatic nitrogens is 2. The van der Waals surface area contributed by atoms with Crippen molar-refractivity contribution in [1.29, 1.82) is 0 Å². The summed E-state index contributed by atoms with van der Waals surface area (Å²) < 4.78 is 28.6.